The fourth-order valence-corrected chi connectivity index (χ4v) is 3.00. The number of aromatic nitrogens is 4. The Balaban J connectivity index is 1.97. The van der Waals surface area contributed by atoms with E-state index in [1.807, 2.05) is 30.5 Å². The first-order chi connectivity index (χ1) is 13.0. The molecule has 0 atom stereocenters. The van der Waals surface area contributed by atoms with Gasteiger partial charge in [-0.25, -0.2) is 8.78 Å². The van der Waals surface area contributed by atoms with E-state index < -0.39 is 0 Å². The smallest absolute Gasteiger partial charge is 0.168 e. The van der Waals surface area contributed by atoms with Gasteiger partial charge < -0.3 is 0 Å². The minimum Gasteiger partial charge on any atom is -0.273 e. The molecule has 0 bridgehead atoms. The molecular formula is C21H16F2N4. The number of rotatable bonds is 3. The fraction of sp³-hybridized carbons (Fsp3) is 0.0952. The molecule has 4 rings (SSSR count). The summed E-state index contributed by atoms with van der Waals surface area (Å²) in [4.78, 5) is 4.53. The Kier molecular flexibility index (Phi) is 4.24. The second-order valence-corrected chi connectivity index (χ2v) is 6.25. The molecule has 0 aliphatic heterocycles. The summed E-state index contributed by atoms with van der Waals surface area (Å²) in [6.07, 6.45) is 0. The van der Waals surface area contributed by atoms with Crippen LogP contribution in [-0.2, 0) is 0 Å². The highest BCUT2D eigenvalue weighted by Gasteiger charge is 2.19. The second kappa shape index (κ2) is 6.72. The third-order valence-corrected chi connectivity index (χ3v) is 4.31. The van der Waals surface area contributed by atoms with Gasteiger partial charge in [-0.1, -0.05) is 0 Å². The summed E-state index contributed by atoms with van der Waals surface area (Å²) >= 11 is 0. The largest absolute Gasteiger partial charge is 0.273 e. The molecule has 0 saturated heterocycles. The predicted octanol–water partition coefficient (Wildman–Crippen LogP) is 4.89. The molecule has 134 valence electrons. The van der Waals surface area contributed by atoms with Crippen LogP contribution in [0.25, 0.3) is 28.5 Å². The molecule has 6 heteroatoms. The van der Waals surface area contributed by atoms with Crippen LogP contribution in [0.2, 0.25) is 0 Å². The van der Waals surface area contributed by atoms with Gasteiger partial charge in [0.1, 0.15) is 11.6 Å². The molecule has 0 radical (unpaired) electrons. The van der Waals surface area contributed by atoms with E-state index >= 15 is 0 Å². The number of benzene rings is 2. The van der Waals surface area contributed by atoms with E-state index in [1.165, 1.54) is 24.3 Å². The van der Waals surface area contributed by atoms with Crippen LogP contribution in [0.3, 0.4) is 0 Å². The Morgan fingerprint density at radius 1 is 0.667 bits per heavy atom. The summed E-state index contributed by atoms with van der Waals surface area (Å²) in [6.45, 7) is 3.83. The number of nitrogens with zero attached hydrogens (tertiary/aromatic N) is 4. The second-order valence-electron chi connectivity index (χ2n) is 6.25. The van der Waals surface area contributed by atoms with Crippen molar-refractivity contribution in [1.82, 2.24) is 19.7 Å². The van der Waals surface area contributed by atoms with Gasteiger partial charge in [0.2, 0.25) is 0 Å². The van der Waals surface area contributed by atoms with Gasteiger partial charge >= 0.3 is 0 Å². The van der Waals surface area contributed by atoms with Crippen molar-refractivity contribution in [3.8, 4) is 28.5 Å². The molecular weight excluding hydrogens is 346 g/mol. The Bertz CT molecular complexity index is 1040. The van der Waals surface area contributed by atoms with Crippen molar-refractivity contribution in [2.24, 2.45) is 0 Å². The average Bonchev–Trinajstić information content (AvgIpc) is 3.08. The van der Waals surface area contributed by atoms with Crippen LogP contribution in [0.15, 0.2) is 60.7 Å². The first-order valence-corrected chi connectivity index (χ1v) is 8.45. The van der Waals surface area contributed by atoms with E-state index in [-0.39, 0.29) is 11.6 Å². The van der Waals surface area contributed by atoms with Gasteiger partial charge in [0.25, 0.3) is 0 Å². The molecule has 2 aromatic heterocycles. The molecule has 0 aliphatic rings. The van der Waals surface area contributed by atoms with Crippen molar-refractivity contribution in [3.05, 3.63) is 83.7 Å². The van der Waals surface area contributed by atoms with Crippen molar-refractivity contribution in [1.29, 1.82) is 0 Å². The van der Waals surface area contributed by atoms with Gasteiger partial charge in [-0.3, -0.25) is 9.55 Å². The lowest BCUT2D eigenvalue weighted by atomic mass is 10.1. The lowest BCUT2D eigenvalue weighted by Crippen LogP contribution is -2.04. The first kappa shape index (κ1) is 17.0. The Labute approximate surface area is 155 Å². The highest BCUT2D eigenvalue weighted by molar-refractivity contribution is 5.67. The quantitative estimate of drug-likeness (QED) is 0.521. The SMILES string of the molecule is Cc1ccc(-n2c(-c3ccc(F)cc3)nnc2-c2ccc(F)cc2)c(C)n1. The van der Waals surface area contributed by atoms with Gasteiger partial charge in [0, 0.05) is 16.8 Å². The zero-order valence-electron chi connectivity index (χ0n) is 14.8. The number of hydrogen-bond donors (Lipinski definition) is 0. The maximum absolute atomic E-state index is 13.4. The molecule has 2 heterocycles. The molecule has 27 heavy (non-hydrogen) atoms. The van der Waals surface area contributed by atoms with Crippen LogP contribution in [0.4, 0.5) is 8.78 Å². The van der Waals surface area contributed by atoms with Crippen LogP contribution in [0, 0.1) is 25.5 Å². The Morgan fingerprint density at radius 2 is 1.15 bits per heavy atom. The molecule has 4 nitrogen and oxygen atoms in total. The van der Waals surface area contributed by atoms with Crippen LogP contribution < -0.4 is 0 Å². The van der Waals surface area contributed by atoms with E-state index in [0.29, 0.717) is 11.6 Å². The van der Waals surface area contributed by atoms with E-state index in [9.17, 15) is 8.78 Å². The van der Waals surface area contributed by atoms with Crippen LogP contribution in [0.5, 0.6) is 0 Å². The molecule has 0 fully saturated rings. The van der Waals surface area contributed by atoms with Gasteiger partial charge in [0.15, 0.2) is 11.6 Å². The van der Waals surface area contributed by atoms with Crippen molar-refractivity contribution in [2.75, 3.05) is 0 Å². The van der Waals surface area contributed by atoms with Crippen molar-refractivity contribution in [2.45, 2.75) is 13.8 Å². The lowest BCUT2D eigenvalue weighted by Gasteiger charge is -2.13. The van der Waals surface area contributed by atoms with E-state index in [2.05, 4.69) is 15.2 Å². The summed E-state index contributed by atoms with van der Waals surface area (Å²) in [5.74, 6) is 0.472. The highest BCUT2D eigenvalue weighted by atomic mass is 19.1. The third-order valence-electron chi connectivity index (χ3n) is 4.31. The number of pyridine rings is 1. The van der Waals surface area contributed by atoms with Gasteiger partial charge in [0.05, 0.1) is 11.4 Å². The lowest BCUT2D eigenvalue weighted by molar-refractivity contribution is 0.627. The van der Waals surface area contributed by atoms with Crippen molar-refractivity contribution in [3.63, 3.8) is 0 Å². The topological polar surface area (TPSA) is 43.6 Å². The van der Waals surface area contributed by atoms with Gasteiger partial charge in [-0.05, 0) is 74.5 Å². The van der Waals surface area contributed by atoms with Crippen molar-refractivity contribution >= 4 is 0 Å². The molecule has 0 aliphatic carbocycles. The third kappa shape index (κ3) is 3.21. The first-order valence-electron chi connectivity index (χ1n) is 8.45. The van der Waals surface area contributed by atoms with Crippen molar-refractivity contribution < 1.29 is 8.78 Å². The maximum atomic E-state index is 13.4. The van der Waals surface area contributed by atoms with E-state index in [1.54, 1.807) is 24.3 Å². The van der Waals surface area contributed by atoms with Crippen LogP contribution in [0.1, 0.15) is 11.4 Å². The molecule has 0 amide bonds. The molecule has 0 spiro atoms. The molecule has 0 N–H and O–H groups in total. The normalized spacial score (nSPS) is 11.0. The summed E-state index contributed by atoms with van der Waals surface area (Å²) in [7, 11) is 0. The monoisotopic (exact) mass is 362 g/mol. The fourth-order valence-electron chi connectivity index (χ4n) is 3.00. The van der Waals surface area contributed by atoms with Crippen LogP contribution in [-0.4, -0.2) is 19.7 Å². The Morgan fingerprint density at radius 3 is 1.59 bits per heavy atom. The van der Waals surface area contributed by atoms with E-state index in [0.717, 1.165) is 28.2 Å². The highest BCUT2D eigenvalue weighted by Crippen LogP contribution is 2.29. The van der Waals surface area contributed by atoms with Gasteiger partial charge in [-0.15, -0.1) is 10.2 Å². The zero-order chi connectivity index (χ0) is 19.0. The molecule has 0 unspecified atom stereocenters. The Hall–Kier alpha value is -3.41. The zero-order valence-corrected chi connectivity index (χ0v) is 14.8. The molecule has 4 aromatic rings. The summed E-state index contributed by atoms with van der Waals surface area (Å²) < 4.78 is 28.6. The average molecular weight is 362 g/mol. The van der Waals surface area contributed by atoms with Gasteiger partial charge in [-0.2, -0.15) is 0 Å². The maximum Gasteiger partial charge on any atom is 0.168 e. The number of hydrogen-bond acceptors (Lipinski definition) is 3. The number of aryl methyl sites for hydroxylation is 2. The number of halogens is 2. The predicted molar refractivity (Wildman–Crippen MR) is 99.4 cm³/mol. The minimum absolute atomic E-state index is 0.322. The van der Waals surface area contributed by atoms with Crippen LogP contribution >= 0.6 is 0 Å². The minimum atomic E-state index is -0.322. The van der Waals surface area contributed by atoms with E-state index in [4.69, 9.17) is 0 Å². The molecule has 0 saturated carbocycles. The molecule has 2 aromatic carbocycles. The standard InChI is InChI=1S/C21H16F2N4/c1-13-3-12-19(14(2)24-13)27-20(15-4-8-17(22)9-5-15)25-26-21(27)16-6-10-18(23)11-7-16/h3-12H,1-2H3. The summed E-state index contributed by atoms with van der Waals surface area (Å²) in [5.41, 5.74) is 3.95. The summed E-state index contributed by atoms with van der Waals surface area (Å²) in [6, 6.07) is 16.0. The summed E-state index contributed by atoms with van der Waals surface area (Å²) in [5, 5.41) is 8.65.